The number of nitrogens with one attached hydrogen (secondary N) is 1. The maximum atomic E-state index is 12.7. The van der Waals surface area contributed by atoms with Gasteiger partial charge in [0.15, 0.2) is 0 Å². The summed E-state index contributed by atoms with van der Waals surface area (Å²) in [5, 5.41) is 11.3. The Morgan fingerprint density at radius 2 is 1.88 bits per heavy atom. The molecule has 0 unspecified atom stereocenters. The highest BCUT2D eigenvalue weighted by Crippen LogP contribution is 2.25. The standard InChI is InChI=1S/C21H18ClF3N4O3S/c1-2-29(19(31)21(23,24)25)11-13-4-3-5-16(10-13)26-17(30)12-33-20-28-27-18(32-20)14-6-8-15(22)9-7-14/h3-10H,2,11-12H2,1H3,(H,26,30). The number of amides is 2. The molecule has 1 heterocycles. The lowest BCUT2D eigenvalue weighted by atomic mass is 10.2. The predicted molar refractivity (Wildman–Crippen MR) is 118 cm³/mol. The highest BCUT2D eigenvalue weighted by Gasteiger charge is 2.41. The molecule has 12 heteroatoms. The maximum Gasteiger partial charge on any atom is 0.471 e. The van der Waals surface area contributed by atoms with Crippen molar-refractivity contribution in [3.8, 4) is 11.5 Å². The van der Waals surface area contributed by atoms with Crippen molar-refractivity contribution in [2.45, 2.75) is 24.9 Å². The summed E-state index contributed by atoms with van der Waals surface area (Å²) < 4.78 is 43.6. The van der Waals surface area contributed by atoms with Gasteiger partial charge >= 0.3 is 12.1 Å². The van der Waals surface area contributed by atoms with Crippen LogP contribution in [0.4, 0.5) is 18.9 Å². The summed E-state index contributed by atoms with van der Waals surface area (Å²) in [6, 6.07) is 13.1. The molecule has 1 aromatic heterocycles. The number of anilines is 1. The average Bonchev–Trinajstić information content (AvgIpc) is 3.25. The van der Waals surface area contributed by atoms with Crippen LogP contribution in [0.15, 0.2) is 58.2 Å². The quantitative estimate of drug-likeness (QED) is 0.438. The summed E-state index contributed by atoms with van der Waals surface area (Å²) in [6.45, 7) is 1.12. The number of rotatable bonds is 8. The number of thioether (sulfide) groups is 1. The molecule has 0 aliphatic rings. The van der Waals surface area contributed by atoms with Crippen molar-refractivity contribution in [3.05, 3.63) is 59.1 Å². The number of nitrogens with zero attached hydrogens (tertiary/aromatic N) is 3. The highest BCUT2D eigenvalue weighted by molar-refractivity contribution is 7.99. The van der Waals surface area contributed by atoms with Crippen LogP contribution in [0, 0.1) is 0 Å². The lowest BCUT2D eigenvalue weighted by molar-refractivity contribution is -0.185. The number of hydrogen-bond acceptors (Lipinski definition) is 6. The zero-order valence-corrected chi connectivity index (χ0v) is 18.8. The molecule has 33 heavy (non-hydrogen) atoms. The summed E-state index contributed by atoms with van der Waals surface area (Å²) in [7, 11) is 0. The minimum atomic E-state index is -4.94. The third-order valence-electron chi connectivity index (χ3n) is 4.32. The van der Waals surface area contributed by atoms with Crippen LogP contribution in [0.2, 0.25) is 5.02 Å². The Balaban J connectivity index is 1.56. The van der Waals surface area contributed by atoms with E-state index in [-0.39, 0.29) is 35.9 Å². The molecular weight excluding hydrogens is 481 g/mol. The first-order chi connectivity index (χ1) is 15.7. The second-order valence-corrected chi connectivity index (χ2v) is 8.10. The fourth-order valence-electron chi connectivity index (χ4n) is 2.78. The fourth-order valence-corrected chi connectivity index (χ4v) is 3.47. The maximum absolute atomic E-state index is 12.7. The van der Waals surface area contributed by atoms with Crippen LogP contribution in [-0.2, 0) is 16.1 Å². The van der Waals surface area contributed by atoms with Crippen molar-refractivity contribution in [3.63, 3.8) is 0 Å². The zero-order chi connectivity index (χ0) is 24.0. The lowest BCUT2D eigenvalue weighted by Gasteiger charge is -2.22. The third kappa shape index (κ3) is 6.96. The summed E-state index contributed by atoms with van der Waals surface area (Å²) in [6.07, 6.45) is -4.94. The van der Waals surface area contributed by atoms with Gasteiger partial charge in [-0.2, -0.15) is 13.2 Å². The molecule has 7 nitrogen and oxygen atoms in total. The molecule has 0 bridgehead atoms. The van der Waals surface area contributed by atoms with Crippen molar-refractivity contribution >= 4 is 40.9 Å². The first kappa shape index (κ1) is 24.6. The molecule has 0 aliphatic heterocycles. The van der Waals surface area contributed by atoms with E-state index >= 15 is 0 Å². The Morgan fingerprint density at radius 1 is 1.15 bits per heavy atom. The molecule has 0 spiro atoms. The van der Waals surface area contributed by atoms with Gasteiger partial charge < -0.3 is 14.6 Å². The second kappa shape index (κ2) is 10.7. The van der Waals surface area contributed by atoms with Gasteiger partial charge in [0.25, 0.3) is 5.22 Å². The molecule has 0 radical (unpaired) electrons. The third-order valence-corrected chi connectivity index (χ3v) is 5.39. The van der Waals surface area contributed by atoms with E-state index in [1.54, 1.807) is 42.5 Å². The van der Waals surface area contributed by atoms with Gasteiger partial charge in [0, 0.05) is 29.4 Å². The molecule has 0 saturated heterocycles. The highest BCUT2D eigenvalue weighted by atomic mass is 35.5. The summed E-state index contributed by atoms with van der Waals surface area (Å²) in [4.78, 5) is 24.5. The van der Waals surface area contributed by atoms with Crippen LogP contribution in [0.3, 0.4) is 0 Å². The van der Waals surface area contributed by atoms with Crippen LogP contribution in [0.25, 0.3) is 11.5 Å². The zero-order valence-electron chi connectivity index (χ0n) is 17.2. The van der Waals surface area contributed by atoms with Gasteiger partial charge in [-0.05, 0) is 48.9 Å². The number of carbonyl (C=O) groups is 2. The Kier molecular flexibility index (Phi) is 7.98. The van der Waals surface area contributed by atoms with E-state index in [4.69, 9.17) is 16.0 Å². The Labute approximate surface area is 196 Å². The van der Waals surface area contributed by atoms with Crippen molar-refractivity contribution < 1.29 is 27.2 Å². The molecule has 0 aliphatic carbocycles. The van der Waals surface area contributed by atoms with E-state index in [1.807, 2.05) is 0 Å². The van der Waals surface area contributed by atoms with Gasteiger partial charge in [0.05, 0.1) is 5.75 Å². The predicted octanol–water partition coefficient (Wildman–Crippen LogP) is 5.03. The van der Waals surface area contributed by atoms with Gasteiger partial charge in [-0.3, -0.25) is 9.59 Å². The van der Waals surface area contributed by atoms with Crippen molar-refractivity contribution in [2.75, 3.05) is 17.6 Å². The van der Waals surface area contributed by atoms with Crippen LogP contribution < -0.4 is 5.32 Å². The van der Waals surface area contributed by atoms with Crippen LogP contribution >= 0.6 is 23.4 Å². The first-order valence-corrected chi connectivity index (χ1v) is 11.0. The minimum Gasteiger partial charge on any atom is -0.411 e. The topological polar surface area (TPSA) is 88.3 Å². The van der Waals surface area contributed by atoms with Gasteiger partial charge in [-0.25, -0.2) is 0 Å². The minimum absolute atomic E-state index is 0.0277. The summed E-state index contributed by atoms with van der Waals surface area (Å²) in [5.74, 6) is -2.02. The molecule has 1 N–H and O–H groups in total. The SMILES string of the molecule is CCN(Cc1cccc(NC(=O)CSc2nnc(-c3ccc(Cl)cc3)o2)c1)C(=O)C(F)(F)F. The van der Waals surface area contributed by atoms with E-state index in [0.717, 1.165) is 11.8 Å². The molecule has 2 aromatic carbocycles. The largest absolute Gasteiger partial charge is 0.471 e. The smallest absolute Gasteiger partial charge is 0.411 e. The number of alkyl halides is 3. The van der Waals surface area contributed by atoms with Crippen LogP contribution in [0.5, 0.6) is 0 Å². The molecule has 174 valence electrons. The number of halogens is 4. The molecule has 0 saturated carbocycles. The van der Waals surface area contributed by atoms with Gasteiger partial charge in [0.2, 0.25) is 11.8 Å². The van der Waals surface area contributed by atoms with E-state index in [1.165, 1.54) is 13.0 Å². The number of benzene rings is 2. The fraction of sp³-hybridized carbons (Fsp3) is 0.238. The summed E-state index contributed by atoms with van der Waals surface area (Å²) in [5.41, 5.74) is 1.52. The van der Waals surface area contributed by atoms with Gasteiger partial charge in [0.1, 0.15) is 0 Å². The molecule has 0 atom stereocenters. The molecular formula is C21H18ClF3N4O3S. The van der Waals surface area contributed by atoms with Crippen LogP contribution in [0.1, 0.15) is 12.5 Å². The van der Waals surface area contributed by atoms with Crippen molar-refractivity contribution in [1.82, 2.24) is 15.1 Å². The van der Waals surface area contributed by atoms with E-state index in [9.17, 15) is 22.8 Å². The number of carbonyl (C=O) groups excluding carboxylic acids is 2. The average molecular weight is 499 g/mol. The Bertz CT molecular complexity index is 1120. The monoisotopic (exact) mass is 498 g/mol. The van der Waals surface area contributed by atoms with E-state index in [0.29, 0.717) is 26.7 Å². The number of hydrogen-bond donors (Lipinski definition) is 1. The second-order valence-electron chi connectivity index (χ2n) is 6.73. The van der Waals surface area contributed by atoms with Gasteiger partial charge in [-0.1, -0.05) is 35.5 Å². The Hall–Kier alpha value is -3.05. The lowest BCUT2D eigenvalue weighted by Crippen LogP contribution is -2.40. The normalized spacial score (nSPS) is 11.3. The van der Waals surface area contributed by atoms with E-state index < -0.39 is 12.1 Å². The molecule has 3 rings (SSSR count). The number of aromatic nitrogens is 2. The van der Waals surface area contributed by atoms with Crippen molar-refractivity contribution in [1.29, 1.82) is 0 Å². The van der Waals surface area contributed by atoms with Crippen LogP contribution in [-0.4, -0.2) is 45.4 Å². The summed E-state index contributed by atoms with van der Waals surface area (Å²) >= 11 is 6.89. The van der Waals surface area contributed by atoms with Gasteiger partial charge in [-0.15, -0.1) is 10.2 Å². The van der Waals surface area contributed by atoms with Crippen molar-refractivity contribution in [2.24, 2.45) is 0 Å². The molecule has 2 amide bonds. The van der Waals surface area contributed by atoms with E-state index in [2.05, 4.69) is 15.5 Å². The molecule has 3 aromatic rings. The first-order valence-electron chi connectivity index (χ1n) is 9.63. The molecule has 0 fully saturated rings. The Morgan fingerprint density at radius 3 is 2.55 bits per heavy atom.